The highest BCUT2D eigenvalue weighted by Gasteiger charge is 2.15. The van der Waals surface area contributed by atoms with Gasteiger partial charge in [-0.05, 0) is 56.8 Å². The summed E-state index contributed by atoms with van der Waals surface area (Å²) < 4.78 is 4.98. The molecule has 0 spiro atoms. The summed E-state index contributed by atoms with van der Waals surface area (Å²) in [5.41, 5.74) is 1.67. The van der Waals surface area contributed by atoms with E-state index in [1.54, 1.807) is 6.20 Å². The quantitative estimate of drug-likeness (QED) is 0.825. The fourth-order valence-electron chi connectivity index (χ4n) is 2.36. The van der Waals surface area contributed by atoms with Crippen LogP contribution in [0.5, 0.6) is 0 Å². The van der Waals surface area contributed by atoms with Gasteiger partial charge in [0.25, 0.3) is 0 Å². The zero-order valence-corrected chi connectivity index (χ0v) is 10.8. The summed E-state index contributed by atoms with van der Waals surface area (Å²) in [6, 6.07) is 1.90. The molecule has 18 heavy (non-hydrogen) atoms. The van der Waals surface area contributed by atoms with Crippen molar-refractivity contribution >= 4 is 5.97 Å². The molecule has 1 aliphatic rings. The maximum absolute atomic E-state index is 11.6. The predicted molar refractivity (Wildman–Crippen MR) is 69.5 cm³/mol. The number of ether oxygens (including phenoxy) is 1. The molecule has 0 bridgehead atoms. The van der Waals surface area contributed by atoms with E-state index < -0.39 is 0 Å². The first-order chi connectivity index (χ1) is 8.79. The van der Waals surface area contributed by atoms with Gasteiger partial charge in [-0.15, -0.1) is 0 Å². The Morgan fingerprint density at radius 2 is 2.44 bits per heavy atom. The van der Waals surface area contributed by atoms with Gasteiger partial charge in [-0.1, -0.05) is 0 Å². The first-order valence-corrected chi connectivity index (χ1v) is 6.61. The summed E-state index contributed by atoms with van der Waals surface area (Å²) >= 11 is 0. The number of pyridine rings is 1. The van der Waals surface area contributed by atoms with E-state index in [2.05, 4.69) is 10.3 Å². The number of carbonyl (C=O) groups is 1. The molecular formula is C14H20N2O2. The average Bonchev–Trinajstić information content (AvgIpc) is 2.40. The van der Waals surface area contributed by atoms with Crippen LogP contribution in [0.3, 0.4) is 0 Å². The van der Waals surface area contributed by atoms with E-state index in [0.717, 1.165) is 25.1 Å². The second-order valence-electron chi connectivity index (χ2n) is 4.72. The molecule has 1 N–H and O–H groups in total. The number of esters is 1. The van der Waals surface area contributed by atoms with Crippen LogP contribution in [0.2, 0.25) is 0 Å². The van der Waals surface area contributed by atoms with Crippen molar-refractivity contribution in [1.82, 2.24) is 10.3 Å². The number of hydrogen-bond donors (Lipinski definition) is 1. The molecule has 2 heterocycles. The van der Waals surface area contributed by atoms with Crippen molar-refractivity contribution in [3.63, 3.8) is 0 Å². The minimum Gasteiger partial charge on any atom is -0.462 e. The van der Waals surface area contributed by atoms with Gasteiger partial charge in [-0.2, -0.15) is 0 Å². The smallest absolute Gasteiger partial charge is 0.339 e. The molecule has 1 unspecified atom stereocenters. The van der Waals surface area contributed by atoms with E-state index >= 15 is 0 Å². The maximum Gasteiger partial charge on any atom is 0.339 e. The Balaban J connectivity index is 2.00. The molecule has 1 saturated heterocycles. The summed E-state index contributed by atoms with van der Waals surface area (Å²) in [5.74, 6) is 0.367. The lowest BCUT2D eigenvalue weighted by Gasteiger charge is -2.22. The van der Waals surface area contributed by atoms with E-state index in [4.69, 9.17) is 4.74 Å². The third-order valence-corrected chi connectivity index (χ3v) is 3.23. The molecule has 1 aliphatic heterocycles. The predicted octanol–water partition coefficient (Wildman–Crippen LogP) is 1.80. The van der Waals surface area contributed by atoms with E-state index in [0.29, 0.717) is 18.1 Å². The molecule has 4 nitrogen and oxygen atoms in total. The first-order valence-electron chi connectivity index (χ1n) is 6.61. The Morgan fingerprint density at radius 1 is 1.56 bits per heavy atom. The SMILES string of the molecule is CCOC(=O)c1cncc(CC2CCCNC2)c1. The molecule has 1 aromatic heterocycles. The molecule has 2 rings (SSSR count). The number of carbonyl (C=O) groups excluding carboxylic acids is 1. The van der Waals surface area contributed by atoms with Gasteiger partial charge in [0, 0.05) is 12.4 Å². The van der Waals surface area contributed by atoms with Crippen LogP contribution in [-0.4, -0.2) is 30.6 Å². The third-order valence-electron chi connectivity index (χ3n) is 3.23. The fraction of sp³-hybridized carbons (Fsp3) is 0.571. The molecule has 98 valence electrons. The van der Waals surface area contributed by atoms with Crippen LogP contribution < -0.4 is 5.32 Å². The van der Waals surface area contributed by atoms with Crippen LogP contribution >= 0.6 is 0 Å². The maximum atomic E-state index is 11.6. The molecular weight excluding hydrogens is 228 g/mol. The molecule has 1 fully saturated rings. The van der Waals surface area contributed by atoms with Gasteiger partial charge < -0.3 is 10.1 Å². The van der Waals surface area contributed by atoms with Crippen LogP contribution in [0.4, 0.5) is 0 Å². The number of rotatable bonds is 4. The van der Waals surface area contributed by atoms with Crippen LogP contribution in [0.25, 0.3) is 0 Å². The van der Waals surface area contributed by atoms with E-state index in [1.807, 2.05) is 19.2 Å². The first kappa shape index (κ1) is 13.0. The molecule has 0 amide bonds. The van der Waals surface area contributed by atoms with Gasteiger partial charge in [-0.25, -0.2) is 4.79 Å². The highest BCUT2D eigenvalue weighted by Crippen LogP contribution is 2.16. The van der Waals surface area contributed by atoms with Crippen molar-refractivity contribution in [3.8, 4) is 0 Å². The second kappa shape index (κ2) is 6.50. The second-order valence-corrected chi connectivity index (χ2v) is 4.72. The van der Waals surface area contributed by atoms with Crippen LogP contribution in [0.1, 0.15) is 35.7 Å². The zero-order chi connectivity index (χ0) is 12.8. The van der Waals surface area contributed by atoms with Gasteiger partial charge in [0.05, 0.1) is 12.2 Å². The zero-order valence-electron chi connectivity index (χ0n) is 10.8. The Kier molecular flexibility index (Phi) is 4.70. The van der Waals surface area contributed by atoms with Crippen molar-refractivity contribution < 1.29 is 9.53 Å². The van der Waals surface area contributed by atoms with E-state index in [1.165, 1.54) is 12.8 Å². The normalized spacial score (nSPS) is 19.5. The fourth-order valence-corrected chi connectivity index (χ4v) is 2.36. The van der Waals surface area contributed by atoms with Crippen LogP contribution in [0.15, 0.2) is 18.5 Å². The van der Waals surface area contributed by atoms with Crippen LogP contribution in [0, 0.1) is 5.92 Å². The summed E-state index contributed by atoms with van der Waals surface area (Å²) in [4.78, 5) is 15.7. The summed E-state index contributed by atoms with van der Waals surface area (Å²) in [7, 11) is 0. The van der Waals surface area contributed by atoms with Crippen molar-refractivity contribution in [3.05, 3.63) is 29.6 Å². The van der Waals surface area contributed by atoms with Gasteiger partial charge in [0.1, 0.15) is 0 Å². The van der Waals surface area contributed by atoms with Crippen molar-refractivity contribution in [1.29, 1.82) is 0 Å². The van der Waals surface area contributed by atoms with Crippen molar-refractivity contribution in [2.75, 3.05) is 19.7 Å². The van der Waals surface area contributed by atoms with Gasteiger partial charge >= 0.3 is 5.97 Å². The van der Waals surface area contributed by atoms with Gasteiger partial charge in [-0.3, -0.25) is 4.98 Å². The number of piperidine rings is 1. The molecule has 1 atom stereocenters. The molecule has 1 aromatic rings. The Morgan fingerprint density at radius 3 is 3.17 bits per heavy atom. The van der Waals surface area contributed by atoms with Crippen molar-refractivity contribution in [2.45, 2.75) is 26.2 Å². The Bertz CT molecular complexity index is 401. The average molecular weight is 248 g/mol. The van der Waals surface area contributed by atoms with Crippen LogP contribution in [-0.2, 0) is 11.2 Å². The Labute approximate surface area is 108 Å². The summed E-state index contributed by atoms with van der Waals surface area (Å²) in [5, 5.41) is 3.40. The van der Waals surface area contributed by atoms with Gasteiger partial charge in [0.15, 0.2) is 0 Å². The molecule has 0 saturated carbocycles. The molecule has 0 radical (unpaired) electrons. The largest absolute Gasteiger partial charge is 0.462 e. The highest BCUT2D eigenvalue weighted by atomic mass is 16.5. The standard InChI is InChI=1S/C14H20N2O2/c1-2-18-14(17)13-7-12(9-16-10-13)6-11-4-3-5-15-8-11/h7,9-11,15H,2-6,8H2,1H3. The lowest BCUT2D eigenvalue weighted by molar-refractivity contribution is 0.0525. The monoisotopic (exact) mass is 248 g/mol. The molecule has 0 aromatic carbocycles. The Hall–Kier alpha value is -1.42. The lowest BCUT2D eigenvalue weighted by Crippen LogP contribution is -2.30. The third kappa shape index (κ3) is 3.53. The minimum absolute atomic E-state index is 0.284. The van der Waals surface area contributed by atoms with E-state index in [9.17, 15) is 4.79 Å². The molecule has 0 aliphatic carbocycles. The van der Waals surface area contributed by atoms with Crippen molar-refractivity contribution in [2.24, 2.45) is 5.92 Å². The van der Waals surface area contributed by atoms with Gasteiger partial charge in [0.2, 0.25) is 0 Å². The number of nitrogens with zero attached hydrogens (tertiary/aromatic N) is 1. The topological polar surface area (TPSA) is 51.2 Å². The highest BCUT2D eigenvalue weighted by molar-refractivity contribution is 5.89. The van der Waals surface area contributed by atoms with E-state index in [-0.39, 0.29) is 5.97 Å². The minimum atomic E-state index is -0.284. The summed E-state index contributed by atoms with van der Waals surface area (Å²) in [6.45, 7) is 4.39. The number of nitrogens with one attached hydrogen (secondary N) is 1. The lowest BCUT2D eigenvalue weighted by atomic mass is 9.93. The number of aromatic nitrogens is 1. The molecule has 4 heteroatoms. The number of hydrogen-bond acceptors (Lipinski definition) is 4. The summed E-state index contributed by atoms with van der Waals surface area (Å²) in [6.07, 6.45) is 6.87.